The highest BCUT2D eigenvalue weighted by Crippen LogP contribution is 2.11. The molecule has 0 aliphatic heterocycles. The summed E-state index contributed by atoms with van der Waals surface area (Å²) in [6, 6.07) is 4.63. The van der Waals surface area contributed by atoms with Gasteiger partial charge in [-0.1, -0.05) is 0 Å². The molecule has 0 unspecified atom stereocenters. The fraction of sp³-hybridized carbons (Fsp3) is 0. The SMILES string of the molecule is O=C(O)c1cc[nH]c1C(=O)c1ccc[nH]1. The fourth-order valence-corrected chi connectivity index (χ4v) is 1.34. The standard InChI is InChI=1S/C10H8N2O3/c13-9(7-2-1-4-11-7)8-6(10(14)15)3-5-12-8/h1-5,11-12H,(H,14,15). The molecule has 2 heterocycles. The van der Waals surface area contributed by atoms with E-state index in [9.17, 15) is 9.59 Å². The van der Waals surface area contributed by atoms with Crippen LogP contribution in [-0.4, -0.2) is 26.8 Å². The Bertz CT molecular complexity index is 496. The number of H-pyrrole nitrogens is 2. The second-order valence-corrected chi connectivity index (χ2v) is 2.98. The number of carbonyl (C=O) groups excluding carboxylic acids is 1. The molecule has 0 saturated heterocycles. The van der Waals surface area contributed by atoms with E-state index in [0.29, 0.717) is 5.69 Å². The zero-order valence-electron chi connectivity index (χ0n) is 7.65. The first kappa shape index (κ1) is 9.26. The quantitative estimate of drug-likeness (QED) is 0.658. The average molecular weight is 204 g/mol. The van der Waals surface area contributed by atoms with Crippen LogP contribution in [0.1, 0.15) is 26.5 Å². The third-order valence-electron chi connectivity index (χ3n) is 2.05. The van der Waals surface area contributed by atoms with Crippen LogP contribution in [0, 0.1) is 0 Å². The Hall–Kier alpha value is -2.30. The van der Waals surface area contributed by atoms with Crippen LogP contribution in [0.2, 0.25) is 0 Å². The molecule has 2 aromatic rings. The molecule has 0 bridgehead atoms. The number of hydrogen-bond acceptors (Lipinski definition) is 2. The van der Waals surface area contributed by atoms with Crippen LogP contribution in [0.25, 0.3) is 0 Å². The van der Waals surface area contributed by atoms with Gasteiger partial charge in [-0.15, -0.1) is 0 Å². The van der Waals surface area contributed by atoms with Crippen LogP contribution >= 0.6 is 0 Å². The molecular weight excluding hydrogens is 196 g/mol. The molecule has 15 heavy (non-hydrogen) atoms. The number of ketones is 1. The summed E-state index contributed by atoms with van der Waals surface area (Å²) in [5, 5.41) is 8.82. The molecule has 0 amide bonds. The second kappa shape index (κ2) is 3.45. The molecule has 2 aromatic heterocycles. The van der Waals surface area contributed by atoms with Gasteiger partial charge in [0.1, 0.15) is 5.69 Å². The van der Waals surface area contributed by atoms with Gasteiger partial charge in [0, 0.05) is 12.4 Å². The predicted molar refractivity (Wildman–Crippen MR) is 52.0 cm³/mol. The predicted octanol–water partition coefficient (Wildman–Crippen LogP) is 1.27. The highest BCUT2D eigenvalue weighted by molar-refractivity contribution is 6.12. The number of aromatic amines is 2. The summed E-state index contributed by atoms with van der Waals surface area (Å²) in [6.07, 6.45) is 3.04. The van der Waals surface area contributed by atoms with Crippen molar-refractivity contribution in [3.63, 3.8) is 0 Å². The number of aromatic carboxylic acids is 1. The van der Waals surface area contributed by atoms with Gasteiger partial charge < -0.3 is 15.1 Å². The van der Waals surface area contributed by atoms with Gasteiger partial charge in [-0.2, -0.15) is 0 Å². The molecule has 0 radical (unpaired) electrons. The zero-order chi connectivity index (χ0) is 10.8. The maximum Gasteiger partial charge on any atom is 0.338 e. The van der Waals surface area contributed by atoms with Crippen molar-refractivity contribution in [2.75, 3.05) is 0 Å². The summed E-state index contributed by atoms with van der Waals surface area (Å²) in [4.78, 5) is 27.9. The van der Waals surface area contributed by atoms with Crippen LogP contribution in [0.3, 0.4) is 0 Å². The van der Waals surface area contributed by atoms with Crippen molar-refractivity contribution in [3.05, 3.63) is 47.5 Å². The first-order valence-electron chi connectivity index (χ1n) is 4.29. The summed E-state index contributed by atoms with van der Waals surface area (Å²) in [6.45, 7) is 0. The van der Waals surface area contributed by atoms with Gasteiger partial charge in [0.15, 0.2) is 0 Å². The summed E-state index contributed by atoms with van der Waals surface area (Å²) in [5.74, 6) is -1.48. The Kier molecular flexibility index (Phi) is 2.13. The average Bonchev–Trinajstić information content (AvgIpc) is 2.88. The Morgan fingerprint density at radius 3 is 2.53 bits per heavy atom. The molecule has 0 fully saturated rings. The van der Waals surface area contributed by atoms with E-state index in [2.05, 4.69) is 9.97 Å². The Labute approximate surface area is 84.8 Å². The third-order valence-corrected chi connectivity index (χ3v) is 2.05. The summed E-state index contributed by atoms with van der Waals surface area (Å²) >= 11 is 0. The minimum absolute atomic E-state index is 0.0189. The molecule has 0 aromatic carbocycles. The number of aromatic nitrogens is 2. The molecule has 0 spiro atoms. The Morgan fingerprint density at radius 1 is 1.13 bits per heavy atom. The van der Waals surface area contributed by atoms with Gasteiger partial charge in [-0.3, -0.25) is 4.79 Å². The van der Waals surface area contributed by atoms with Crippen molar-refractivity contribution in [3.8, 4) is 0 Å². The lowest BCUT2D eigenvalue weighted by molar-refractivity contribution is 0.0693. The van der Waals surface area contributed by atoms with E-state index in [-0.39, 0.29) is 17.0 Å². The normalized spacial score (nSPS) is 10.1. The van der Waals surface area contributed by atoms with Crippen molar-refractivity contribution in [2.45, 2.75) is 0 Å². The summed E-state index contributed by atoms with van der Waals surface area (Å²) in [7, 11) is 0. The van der Waals surface area contributed by atoms with Crippen LogP contribution in [0.4, 0.5) is 0 Å². The lowest BCUT2D eigenvalue weighted by Gasteiger charge is -1.97. The van der Waals surface area contributed by atoms with Crippen LogP contribution < -0.4 is 0 Å². The largest absolute Gasteiger partial charge is 0.478 e. The van der Waals surface area contributed by atoms with E-state index in [1.165, 1.54) is 12.3 Å². The smallest absolute Gasteiger partial charge is 0.338 e. The van der Waals surface area contributed by atoms with Crippen molar-refractivity contribution < 1.29 is 14.7 Å². The minimum Gasteiger partial charge on any atom is -0.478 e. The number of carbonyl (C=O) groups is 2. The lowest BCUT2D eigenvalue weighted by atomic mass is 10.1. The van der Waals surface area contributed by atoms with Crippen LogP contribution in [0.15, 0.2) is 30.6 Å². The molecule has 3 N–H and O–H groups in total. The number of carboxylic acids is 1. The number of nitrogens with one attached hydrogen (secondary N) is 2. The van der Waals surface area contributed by atoms with E-state index in [0.717, 1.165) is 0 Å². The van der Waals surface area contributed by atoms with E-state index in [4.69, 9.17) is 5.11 Å². The number of rotatable bonds is 3. The Morgan fingerprint density at radius 2 is 1.93 bits per heavy atom. The lowest BCUT2D eigenvalue weighted by Crippen LogP contribution is -2.08. The topological polar surface area (TPSA) is 85.9 Å². The van der Waals surface area contributed by atoms with E-state index in [1.807, 2.05) is 0 Å². The Balaban J connectivity index is 2.42. The van der Waals surface area contributed by atoms with Gasteiger partial charge in [0.25, 0.3) is 0 Å². The van der Waals surface area contributed by atoms with Gasteiger partial charge in [-0.05, 0) is 18.2 Å². The molecule has 0 aliphatic rings. The van der Waals surface area contributed by atoms with Gasteiger partial charge in [0.05, 0.1) is 11.3 Å². The highest BCUT2D eigenvalue weighted by Gasteiger charge is 2.19. The summed E-state index contributed by atoms with van der Waals surface area (Å²) < 4.78 is 0. The van der Waals surface area contributed by atoms with Crippen molar-refractivity contribution in [1.82, 2.24) is 9.97 Å². The number of hydrogen-bond donors (Lipinski definition) is 3. The van der Waals surface area contributed by atoms with Crippen molar-refractivity contribution in [1.29, 1.82) is 0 Å². The monoisotopic (exact) mass is 204 g/mol. The van der Waals surface area contributed by atoms with E-state index >= 15 is 0 Å². The molecule has 0 atom stereocenters. The molecule has 2 rings (SSSR count). The van der Waals surface area contributed by atoms with E-state index in [1.54, 1.807) is 18.3 Å². The first-order valence-corrected chi connectivity index (χ1v) is 4.29. The molecule has 76 valence electrons. The fourth-order valence-electron chi connectivity index (χ4n) is 1.34. The summed E-state index contributed by atoms with van der Waals surface area (Å²) in [5.41, 5.74) is 0.430. The van der Waals surface area contributed by atoms with Crippen molar-refractivity contribution in [2.24, 2.45) is 0 Å². The molecule has 0 saturated carbocycles. The minimum atomic E-state index is -1.12. The maximum absolute atomic E-state index is 11.8. The van der Waals surface area contributed by atoms with Crippen molar-refractivity contribution >= 4 is 11.8 Å². The molecule has 0 aliphatic carbocycles. The molecular formula is C10H8N2O3. The van der Waals surface area contributed by atoms with E-state index < -0.39 is 5.97 Å². The van der Waals surface area contributed by atoms with Gasteiger partial charge in [0.2, 0.25) is 5.78 Å². The van der Waals surface area contributed by atoms with Gasteiger partial charge >= 0.3 is 5.97 Å². The van der Waals surface area contributed by atoms with Crippen LogP contribution in [-0.2, 0) is 0 Å². The third kappa shape index (κ3) is 1.54. The zero-order valence-corrected chi connectivity index (χ0v) is 7.65. The maximum atomic E-state index is 11.8. The second-order valence-electron chi connectivity index (χ2n) is 2.98. The highest BCUT2D eigenvalue weighted by atomic mass is 16.4. The van der Waals surface area contributed by atoms with Crippen LogP contribution in [0.5, 0.6) is 0 Å². The first-order chi connectivity index (χ1) is 7.20. The molecule has 5 heteroatoms. The van der Waals surface area contributed by atoms with Gasteiger partial charge in [-0.25, -0.2) is 4.79 Å². The number of carboxylic acid groups (broad SMARTS) is 1. The molecule has 5 nitrogen and oxygen atoms in total.